The highest BCUT2D eigenvalue weighted by molar-refractivity contribution is 6.17. The second-order valence-corrected chi connectivity index (χ2v) is 2.59. The number of carbonyl (C=O) groups is 1. The second kappa shape index (κ2) is 4.50. The first kappa shape index (κ1) is 9.58. The van der Waals surface area contributed by atoms with Gasteiger partial charge in [-0.05, 0) is 16.2 Å². The van der Waals surface area contributed by atoms with Crippen LogP contribution < -0.4 is 0 Å². The van der Waals surface area contributed by atoms with E-state index in [0.717, 1.165) is 5.56 Å². The van der Waals surface area contributed by atoms with Crippen molar-refractivity contribution in [2.75, 3.05) is 0 Å². The van der Waals surface area contributed by atoms with Crippen molar-refractivity contribution in [2.45, 2.75) is 5.88 Å². The summed E-state index contributed by atoms with van der Waals surface area (Å²) in [6.45, 7) is 0. The fourth-order valence-corrected chi connectivity index (χ4v) is 1.01. The zero-order valence-corrected chi connectivity index (χ0v) is 7.40. The first-order valence-corrected chi connectivity index (χ1v) is 4.05. The van der Waals surface area contributed by atoms with Crippen LogP contribution in [0.4, 0.5) is 0 Å². The van der Waals surface area contributed by atoms with Crippen LogP contribution >= 0.6 is 11.6 Å². The zero-order chi connectivity index (χ0) is 9.68. The van der Waals surface area contributed by atoms with E-state index in [1.54, 1.807) is 24.3 Å². The highest BCUT2D eigenvalue weighted by atomic mass is 35.5. The van der Waals surface area contributed by atoms with Gasteiger partial charge in [0.1, 0.15) is 0 Å². The van der Waals surface area contributed by atoms with Gasteiger partial charge in [0.05, 0.1) is 0 Å². The number of amides is 1. The monoisotopic (exact) mass is 195 g/mol. The van der Waals surface area contributed by atoms with Gasteiger partial charge in [-0.25, -0.2) is 0 Å². The molecule has 0 bridgehead atoms. The number of azide groups is 1. The van der Waals surface area contributed by atoms with Crippen LogP contribution in [0.3, 0.4) is 0 Å². The minimum atomic E-state index is -0.580. The summed E-state index contributed by atoms with van der Waals surface area (Å²) in [6.07, 6.45) is 0. The lowest BCUT2D eigenvalue weighted by Gasteiger charge is -1.96. The molecule has 0 aliphatic carbocycles. The maximum atomic E-state index is 11.0. The summed E-state index contributed by atoms with van der Waals surface area (Å²) in [4.78, 5) is 13.4. The van der Waals surface area contributed by atoms with Gasteiger partial charge in [0, 0.05) is 16.4 Å². The Bertz CT molecular complexity index is 354. The number of nitrogens with zero attached hydrogens (tertiary/aromatic N) is 3. The van der Waals surface area contributed by atoms with Gasteiger partial charge in [0.25, 0.3) is 0 Å². The van der Waals surface area contributed by atoms with Gasteiger partial charge < -0.3 is 0 Å². The summed E-state index contributed by atoms with van der Waals surface area (Å²) in [6, 6.07) is 6.59. The van der Waals surface area contributed by atoms with E-state index in [4.69, 9.17) is 17.1 Å². The molecular formula is C8H6ClN3O. The Hall–Kier alpha value is -1.51. The fraction of sp³-hybridized carbons (Fsp3) is 0.125. The van der Waals surface area contributed by atoms with Gasteiger partial charge in [0.15, 0.2) is 0 Å². The van der Waals surface area contributed by atoms with Crippen molar-refractivity contribution in [2.24, 2.45) is 5.11 Å². The molecule has 1 rings (SSSR count). The van der Waals surface area contributed by atoms with E-state index < -0.39 is 5.91 Å². The van der Waals surface area contributed by atoms with E-state index >= 15 is 0 Å². The lowest BCUT2D eigenvalue weighted by molar-refractivity contribution is 0.100. The third-order valence-corrected chi connectivity index (χ3v) is 1.80. The molecule has 0 fully saturated rings. The Morgan fingerprint density at radius 1 is 1.46 bits per heavy atom. The maximum absolute atomic E-state index is 11.0. The third-order valence-electron chi connectivity index (χ3n) is 1.49. The van der Waals surface area contributed by atoms with Crippen LogP contribution in [0.1, 0.15) is 15.9 Å². The summed E-state index contributed by atoms with van der Waals surface area (Å²) in [5.41, 5.74) is 9.30. The molecule has 66 valence electrons. The normalized spacial score (nSPS) is 9.00. The number of halogens is 1. The molecular weight excluding hydrogens is 190 g/mol. The molecule has 0 aliphatic rings. The average molecular weight is 196 g/mol. The molecule has 0 saturated heterocycles. The van der Waals surface area contributed by atoms with Crippen molar-refractivity contribution >= 4 is 17.5 Å². The van der Waals surface area contributed by atoms with Crippen molar-refractivity contribution in [1.82, 2.24) is 0 Å². The molecule has 0 radical (unpaired) electrons. The maximum Gasteiger partial charge on any atom is 0.249 e. The summed E-state index contributed by atoms with van der Waals surface area (Å²) in [5, 5.41) is 2.96. The standard InChI is InChI=1S/C8H6ClN3O/c9-5-6-1-3-7(4-2-6)8(13)11-12-10/h1-4H,5H2. The van der Waals surface area contributed by atoms with Crippen LogP contribution in [0.25, 0.3) is 10.4 Å². The first-order chi connectivity index (χ1) is 6.27. The Morgan fingerprint density at radius 2 is 2.08 bits per heavy atom. The van der Waals surface area contributed by atoms with Gasteiger partial charge in [-0.2, -0.15) is 0 Å². The summed E-state index contributed by atoms with van der Waals surface area (Å²) in [7, 11) is 0. The molecule has 0 heterocycles. The molecule has 0 N–H and O–H groups in total. The Labute approximate surface area is 79.8 Å². The van der Waals surface area contributed by atoms with Gasteiger partial charge in [-0.3, -0.25) is 4.79 Å². The molecule has 13 heavy (non-hydrogen) atoms. The highest BCUT2D eigenvalue weighted by Gasteiger charge is 2.01. The molecule has 0 unspecified atom stereocenters. The smallest absolute Gasteiger partial charge is 0.249 e. The van der Waals surface area contributed by atoms with Crippen LogP contribution in [0.5, 0.6) is 0 Å². The third kappa shape index (κ3) is 2.47. The second-order valence-electron chi connectivity index (χ2n) is 2.33. The predicted molar refractivity (Wildman–Crippen MR) is 49.5 cm³/mol. The van der Waals surface area contributed by atoms with Crippen molar-refractivity contribution in [3.8, 4) is 0 Å². The van der Waals surface area contributed by atoms with E-state index in [1.165, 1.54) is 0 Å². The minimum absolute atomic E-state index is 0.367. The molecule has 0 saturated carbocycles. The van der Waals surface area contributed by atoms with E-state index in [-0.39, 0.29) is 0 Å². The van der Waals surface area contributed by atoms with Gasteiger partial charge >= 0.3 is 0 Å². The molecule has 5 heteroatoms. The molecule has 0 aromatic heterocycles. The van der Waals surface area contributed by atoms with Crippen LogP contribution in [0.2, 0.25) is 0 Å². The highest BCUT2D eigenvalue weighted by Crippen LogP contribution is 2.07. The number of carbonyl (C=O) groups excluding carboxylic acids is 1. The molecule has 1 aromatic rings. The average Bonchev–Trinajstić information content (AvgIpc) is 2.18. The Morgan fingerprint density at radius 3 is 2.54 bits per heavy atom. The summed E-state index contributed by atoms with van der Waals surface area (Å²) < 4.78 is 0. The Kier molecular flexibility index (Phi) is 3.31. The molecule has 1 amide bonds. The number of rotatable bonds is 2. The van der Waals surface area contributed by atoms with E-state index in [1.807, 2.05) is 0 Å². The van der Waals surface area contributed by atoms with Crippen LogP contribution in [0, 0.1) is 0 Å². The summed E-state index contributed by atoms with van der Waals surface area (Å²) in [5.74, 6) is -0.181. The lowest BCUT2D eigenvalue weighted by Crippen LogP contribution is -1.92. The Balaban J connectivity index is 2.92. The van der Waals surface area contributed by atoms with E-state index in [9.17, 15) is 4.79 Å². The molecule has 1 aromatic carbocycles. The number of hydrogen-bond acceptors (Lipinski definition) is 1. The van der Waals surface area contributed by atoms with Crippen LogP contribution in [0.15, 0.2) is 29.4 Å². The van der Waals surface area contributed by atoms with Crippen molar-refractivity contribution in [3.05, 3.63) is 45.8 Å². The van der Waals surface area contributed by atoms with E-state index in [0.29, 0.717) is 11.4 Å². The van der Waals surface area contributed by atoms with Gasteiger partial charge in [-0.1, -0.05) is 24.3 Å². The van der Waals surface area contributed by atoms with Crippen molar-refractivity contribution < 1.29 is 4.79 Å². The minimum Gasteiger partial charge on any atom is -0.287 e. The zero-order valence-electron chi connectivity index (χ0n) is 6.64. The molecule has 4 nitrogen and oxygen atoms in total. The summed E-state index contributed by atoms with van der Waals surface area (Å²) >= 11 is 5.55. The molecule has 0 spiro atoms. The molecule has 0 atom stereocenters. The largest absolute Gasteiger partial charge is 0.287 e. The number of hydrogen-bond donors (Lipinski definition) is 0. The number of alkyl halides is 1. The van der Waals surface area contributed by atoms with E-state index in [2.05, 4.69) is 10.0 Å². The van der Waals surface area contributed by atoms with Gasteiger partial charge in [0.2, 0.25) is 5.91 Å². The number of benzene rings is 1. The molecule has 0 aliphatic heterocycles. The lowest BCUT2D eigenvalue weighted by atomic mass is 10.1. The topological polar surface area (TPSA) is 65.8 Å². The predicted octanol–water partition coefficient (Wildman–Crippen LogP) is 2.88. The van der Waals surface area contributed by atoms with Crippen molar-refractivity contribution in [1.29, 1.82) is 0 Å². The van der Waals surface area contributed by atoms with Gasteiger partial charge in [-0.15, -0.1) is 11.6 Å². The van der Waals surface area contributed by atoms with Crippen LogP contribution in [-0.4, -0.2) is 5.91 Å². The van der Waals surface area contributed by atoms with Crippen LogP contribution in [-0.2, 0) is 5.88 Å². The van der Waals surface area contributed by atoms with Crippen molar-refractivity contribution in [3.63, 3.8) is 0 Å². The fourth-order valence-electron chi connectivity index (χ4n) is 0.835. The quantitative estimate of drug-likeness (QED) is 0.310. The SMILES string of the molecule is [N-]=[N+]=NC(=O)c1ccc(CCl)cc1. The first-order valence-electron chi connectivity index (χ1n) is 3.52.